The largest absolute Gasteiger partial charge is 0.283 e. The van der Waals surface area contributed by atoms with E-state index in [4.69, 9.17) is 0 Å². The highest BCUT2D eigenvalue weighted by Crippen LogP contribution is 2.23. The third kappa shape index (κ3) is 2.25. The van der Waals surface area contributed by atoms with Crippen molar-refractivity contribution in [3.8, 4) is 0 Å². The van der Waals surface area contributed by atoms with Crippen molar-refractivity contribution in [2.45, 2.75) is 13.8 Å². The molecule has 0 aliphatic rings. The predicted molar refractivity (Wildman–Crippen MR) is 75.3 cm³/mol. The van der Waals surface area contributed by atoms with Gasteiger partial charge in [0.2, 0.25) is 0 Å². The Morgan fingerprint density at radius 3 is 2.74 bits per heavy atom. The van der Waals surface area contributed by atoms with Gasteiger partial charge >= 0.3 is 0 Å². The van der Waals surface area contributed by atoms with Gasteiger partial charge in [-0.3, -0.25) is 4.40 Å². The normalized spacial score (nSPS) is 11.5. The van der Waals surface area contributed by atoms with Crippen LogP contribution in [0.2, 0.25) is 0 Å². The maximum absolute atomic E-state index is 4.45. The fourth-order valence-corrected chi connectivity index (χ4v) is 2.02. The summed E-state index contributed by atoms with van der Waals surface area (Å²) in [4.78, 5) is 4.45. The summed E-state index contributed by atoms with van der Waals surface area (Å²) in [7, 11) is 0. The minimum Gasteiger partial charge on any atom is -0.283 e. The van der Waals surface area contributed by atoms with Crippen molar-refractivity contribution in [3.63, 3.8) is 0 Å². The number of azo groups is 1. The van der Waals surface area contributed by atoms with Crippen molar-refractivity contribution in [2.24, 2.45) is 10.2 Å². The van der Waals surface area contributed by atoms with Crippen molar-refractivity contribution in [3.05, 3.63) is 59.9 Å². The lowest BCUT2D eigenvalue weighted by atomic mass is 10.2. The van der Waals surface area contributed by atoms with Gasteiger partial charge < -0.3 is 0 Å². The first-order valence-electron chi connectivity index (χ1n) is 6.16. The molecule has 3 rings (SSSR count). The van der Waals surface area contributed by atoms with E-state index in [9.17, 15) is 0 Å². The summed E-state index contributed by atoms with van der Waals surface area (Å²) in [6, 6.07) is 13.8. The molecule has 94 valence electrons. The summed E-state index contributed by atoms with van der Waals surface area (Å²) in [5.74, 6) is 0.775. The van der Waals surface area contributed by atoms with Crippen LogP contribution in [0.5, 0.6) is 0 Å². The number of nitrogens with zero attached hydrogens (tertiary/aromatic N) is 4. The fourth-order valence-electron chi connectivity index (χ4n) is 2.02. The second kappa shape index (κ2) is 4.65. The second-order valence-corrected chi connectivity index (χ2v) is 4.49. The van der Waals surface area contributed by atoms with Crippen LogP contribution in [0.15, 0.2) is 58.9 Å². The van der Waals surface area contributed by atoms with Crippen LogP contribution in [-0.2, 0) is 0 Å². The Morgan fingerprint density at radius 2 is 1.89 bits per heavy atom. The molecule has 0 unspecified atom stereocenters. The monoisotopic (exact) mass is 250 g/mol. The molecule has 0 aliphatic carbocycles. The highest BCUT2D eigenvalue weighted by Gasteiger charge is 2.06. The van der Waals surface area contributed by atoms with Crippen molar-refractivity contribution < 1.29 is 0 Å². The van der Waals surface area contributed by atoms with Crippen LogP contribution in [0.3, 0.4) is 0 Å². The highest BCUT2D eigenvalue weighted by atomic mass is 15.2. The van der Waals surface area contributed by atoms with E-state index in [1.165, 1.54) is 5.56 Å². The highest BCUT2D eigenvalue weighted by molar-refractivity contribution is 5.51. The number of fused-ring (bicyclic) bond motifs is 1. The van der Waals surface area contributed by atoms with Gasteiger partial charge in [-0.2, -0.15) is 0 Å². The van der Waals surface area contributed by atoms with E-state index in [2.05, 4.69) is 15.2 Å². The molecule has 0 fully saturated rings. The van der Waals surface area contributed by atoms with Crippen LogP contribution in [-0.4, -0.2) is 9.38 Å². The molecule has 3 aromatic rings. The molecule has 2 heterocycles. The molecule has 0 atom stereocenters. The first-order chi connectivity index (χ1) is 9.24. The van der Waals surface area contributed by atoms with Crippen LogP contribution < -0.4 is 0 Å². The van der Waals surface area contributed by atoms with Gasteiger partial charge in [-0.05, 0) is 43.7 Å². The number of aromatic nitrogens is 2. The zero-order chi connectivity index (χ0) is 13.2. The molecule has 1 aromatic carbocycles. The average molecular weight is 250 g/mol. The quantitative estimate of drug-likeness (QED) is 0.623. The van der Waals surface area contributed by atoms with Crippen LogP contribution in [0.25, 0.3) is 5.65 Å². The molecule has 0 spiro atoms. The van der Waals surface area contributed by atoms with Crippen LogP contribution >= 0.6 is 0 Å². The number of imidazole rings is 1. The summed E-state index contributed by atoms with van der Waals surface area (Å²) in [6.07, 6.45) is 1.94. The number of benzene rings is 1. The molecule has 0 amide bonds. The number of hydrogen-bond donors (Lipinski definition) is 0. The molecule has 0 saturated heterocycles. The second-order valence-electron chi connectivity index (χ2n) is 4.49. The minimum absolute atomic E-state index is 0.775. The molecule has 4 nitrogen and oxygen atoms in total. The van der Waals surface area contributed by atoms with Crippen LogP contribution in [0, 0.1) is 13.8 Å². The van der Waals surface area contributed by atoms with E-state index >= 15 is 0 Å². The van der Waals surface area contributed by atoms with Crippen molar-refractivity contribution in [2.75, 3.05) is 0 Å². The molecule has 2 aromatic heterocycles. The number of pyridine rings is 1. The Morgan fingerprint density at radius 1 is 1.00 bits per heavy atom. The van der Waals surface area contributed by atoms with E-state index in [1.54, 1.807) is 0 Å². The maximum Gasteiger partial charge on any atom is 0.182 e. The van der Waals surface area contributed by atoms with Gasteiger partial charge in [0.05, 0.1) is 11.4 Å². The zero-order valence-electron chi connectivity index (χ0n) is 10.9. The van der Waals surface area contributed by atoms with Crippen molar-refractivity contribution >= 4 is 17.2 Å². The Balaban J connectivity index is 2.03. The molecule has 0 radical (unpaired) electrons. The maximum atomic E-state index is 4.45. The zero-order valence-corrected chi connectivity index (χ0v) is 10.9. The lowest BCUT2D eigenvalue weighted by molar-refractivity contribution is 1.09. The molecular formula is C15H14N4. The minimum atomic E-state index is 0.775. The Hall–Kier alpha value is -2.49. The van der Waals surface area contributed by atoms with Crippen LogP contribution in [0.4, 0.5) is 11.5 Å². The Kier molecular flexibility index (Phi) is 2.83. The van der Waals surface area contributed by atoms with E-state index in [1.807, 2.05) is 66.9 Å². The lowest BCUT2D eigenvalue weighted by Gasteiger charge is -1.96. The lowest BCUT2D eigenvalue weighted by Crippen LogP contribution is -1.80. The smallest absolute Gasteiger partial charge is 0.182 e. The first-order valence-corrected chi connectivity index (χ1v) is 6.16. The molecule has 0 N–H and O–H groups in total. The topological polar surface area (TPSA) is 42.0 Å². The van der Waals surface area contributed by atoms with Gasteiger partial charge in [0.15, 0.2) is 5.82 Å². The standard InChI is InChI=1S/C15H14N4/c1-11-6-5-7-13(10-11)17-18-15-12(2)16-14-8-3-4-9-19(14)15/h3-10H,1-2H3. The van der Waals surface area contributed by atoms with Crippen molar-refractivity contribution in [1.82, 2.24) is 9.38 Å². The third-order valence-electron chi connectivity index (χ3n) is 2.93. The molecule has 19 heavy (non-hydrogen) atoms. The van der Waals surface area contributed by atoms with Gasteiger partial charge in [-0.25, -0.2) is 4.98 Å². The summed E-state index contributed by atoms with van der Waals surface area (Å²) >= 11 is 0. The molecular weight excluding hydrogens is 236 g/mol. The van der Waals surface area contributed by atoms with E-state index in [-0.39, 0.29) is 0 Å². The molecule has 0 bridgehead atoms. The number of hydrogen-bond acceptors (Lipinski definition) is 3. The summed E-state index contributed by atoms with van der Waals surface area (Å²) in [5.41, 5.74) is 3.79. The third-order valence-corrected chi connectivity index (χ3v) is 2.93. The van der Waals surface area contributed by atoms with E-state index < -0.39 is 0 Å². The van der Waals surface area contributed by atoms with E-state index in [0.717, 1.165) is 22.8 Å². The molecule has 0 aliphatic heterocycles. The Labute approximate surface area is 111 Å². The summed E-state index contributed by atoms with van der Waals surface area (Å²) in [6.45, 7) is 3.98. The van der Waals surface area contributed by atoms with Gasteiger partial charge in [0.1, 0.15) is 5.65 Å². The fraction of sp³-hybridized carbons (Fsp3) is 0.133. The van der Waals surface area contributed by atoms with Crippen LogP contribution in [0.1, 0.15) is 11.3 Å². The number of aryl methyl sites for hydroxylation is 2. The van der Waals surface area contributed by atoms with Gasteiger partial charge in [0, 0.05) is 6.20 Å². The Bertz CT molecular complexity index is 756. The summed E-state index contributed by atoms with van der Waals surface area (Å²) in [5, 5.41) is 8.62. The first kappa shape index (κ1) is 11.6. The van der Waals surface area contributed by atoms with E-state index in [0.29, 0.717) is 0 Å². The van der Waals surface area contributed by atoms with Crippen molar-refractivity contribution in [1.29, 1.82) is 0 Å². The molecule has 0 saturated carbocycles. The SMILES string of the molecule is Cc1cccc(N=Nc2c(C)nc3ccccn23)c1. The number of rotatable bonds is 2. The summed E-state index contributed by atoms with van der Waals surface area (Å²) < 4.78 is 1.94. The average Bonchev–Trinajstić information content (AvgIpc) is 2.72. The predicted octanol–water partition coefficient (Wildman–Crippen LogP) is 4.37. The van der Waals surface area contributed by atoms with Gasteiger partial charge in [0.25, 0.3) is 0 Å². The van der Waals surface area contributed by atoms with Gasteiger partial charge in [-0.1, -0.05) is 18.2 Å². The molecule has 4 heteroatoms. The van der Waals surface area contributed by atoms with Gasteiger partial charge in [-0.15, -0.1) is 10.2 Å².